The largest absolute Gasteiger partial charge is 0.508 e. The number of nitrogens with zero attached hydrogens (tertiary/aromatic N) is 2. The minimum absolute atomic E-state index is 0.0417. The van der Waals surface area contributed by atoms with Crippen LogP contribution in [0.5, 0.6) is 5.75 Å². The number of nitro groups is 1. The predicted octanol–water partition coefficient (Wildman–Crippen LogP) is 3.18. The van der Waals surface area contributed by atoms with Crippen LogP contribution >= 0.6 is 0 Å². The first-order chi connectivity index (χ1) is 12.2. The van der Waals surface area contributed by atoms with Gasteiger partial charge in [-0.25, -0.2) is 4.79 Å². The maximum absolute atomic E-state index is 11.9. The summed E-state index contributed by atoms with van der Waals surface area (Å²) < 4.78 is 5.26. The zero-order valence-electron chi connectivity index (χ0n) is 15.5. The van der Waals surface area contributed by atoms with Crippen molar-refractivity contribution in [2.75, 3.05) is 13.1 Å². The van der Waals surface area contributed by atoms with Gasteiger partial charge in [-0.2, -0.15) is 0 Å². The predicted molar refractivity (Wildman–Crippen MR) is 97.0 cm³/mol. The first-order valence-corrected chi connectivity index (χ1v) is 8.83. The molecule has 1 aliphatic heterocycles. The van der Waals surface area contributed by atoms with Crippen LogP contribution in [0, 0.1) is 10.1 Å². The average Bonchev–Trinajstić information content (AvgIpc) is 2.54. The van der Waals surface area contributed by atoms with E-state index in [9.17, 15) is 20.0 Å². The average molecular weight is 365 g/mol. The number of carbonyl (C=O) groups is 1. The fraction of sp³-hybridized carbons (Fsp3) is 0.611. The van der Waals surface area contributed by atoms with E-state index < -0.39 is 16.6 Å². The second kappa shape index (κ2) is 8.35. The summed E-state index contributed by atoms with van der Waals surface area (Å²) in [4.78, 5) is 24.5. The molecule has 1 saturated heterocycles. The van der Waals surface area contributed by atoms with Crippen molar-refractivity contribution in [1.29, 1.82) is 0 Å². The first kappa shape index (κ1) is 20.0. The van der Waals surface area contributed by atoms with E-state index in [0.717, 1.165) is 25.8 Å². The number of non-ortho nitro benzene ring substituents is 1. The molecule has 0 bridgehead atoms. The SMILES string of the molecule is CC(C)(C)OC(=O)NCC1CCCCN1Cc1cc([N+](=O)[O-])ccc1O. The van der Waals surface area contributed by atoms with Gasteiger partial charge in [0.25, 0.3) is 5.69 Å². The Kier molecular flexibility index (Phi) is 6.42. The summed E-state index contributed by atoms with van der Waals surface area (Å²) in [7, 11) is 0. The van der Waals surface area contributed by atoms with Crippen molar-refractivity contribution >= 4 is 11.8 Å². The molecule has 1 heterocycles. The molecule has 1 unspecified atom stereocenters. The van der Waals surface area contributed by atoms with E-state index in [2.05, 4.69) is 10.2 Å². The molecule has 1 aliphatic rings. The zero-order valence-corrected chi connectivity index (χ0v) is 15.5. The van der Waals surface area contributed by atoms with Crippen molar-refractivity contribution < 1.29 is 19.6 Å². The second-order valence-corrected chi connectivity index (χ2v) is 7.57. The van der Waals surface area contributed by atoms with Gasteiger partial charge in [0.1, 0.15) is 11.4 Å². The van der Waals surface area contributed by atoms with Crippen molar-refractivity contribution in [2.24, 2.45) is 0 Å². The Morgan fingerprint density at radius 1 is 1.42 bits per heavy atom. The van der Waals surface area contributed by atoms with Gasteiger partial charge >= 0.3 is 6.09 Å². The molecular weight excluding hydrogens is 338 g/mol. The number of aromatic hydroxyl groups is 1. The van der Waals surface area contributed by atoms with Crippen molar-refractivity contribution in [2.45, 2.75) is 58.2 Å². The molecule has 8 nitrogen and oxygen atoms in total. The highest BCUT2D eigenvalue weighted by molar-refractivity contribution is 5.67. The molecule has 1 atom stereocenters. The van der Waals surface area contributed by atoms with E-state index in [1.807, 2.05) is 20.8 Å². The Hall–Kier alpha value is -2.35. The third kappa shape index (κ3) is 5.87. The number of likely N-dealkylation sites (tertiary alicyclic amines) is 1. The zero-order chi connectivity index (χ0) is 19.3. The van der Waals surface area contributed by atoms with Crippen molar-refractivity contribution in [3.63, 3.8) is 0 Å². The molecule has 2 N–H and O–H groups in total. The fourth-order valence-corrected chi connectivity index (χ4v) is 3.05. The summed E-state index contributed by atoms with van der Waals surface area (Å²) in [6, 6.07) is 4.14. The lowest BCUT2D eigenvalue weighted by atomic mass is 10.0. The van der Waals surface area contributed by atoms with Gasteiger partial charge in [-0.1, -0.05) is 6.42 Å². The number of nitrogens with one attached hydrogen (secondary N) is 1. The molecule has 0 aliphatic carbocycles. The summed E-state index contributed by atoms with van der Waals surface area (Å²) >= 11 is 0. The summed E-state index contributed by atoms with van der Waals surface area (Å²) in [5, 5.41) is 23.8. The molecule has 26 heavy (non-hydrogen) atoms. The molecule has 0 radical (unpaired) electrons. The highest BCUT2D eigenvalue weighted by atomic mass is 16.6. The summed E-state index contributed by atoms with van der Waals surface area (Å²) in [6.45, 7) is 7.07. The van der Waals surface area contributed by atoms with Crippen LogP contribution in [0.15, 0.2) is 18.2 Å². The number of amides is 1. The van der Waals surface area contributed by atoms with Crippen LogP contribution in [-0.2, 0) is 11.3 Å². The van der Waals surface area contributed by atoms with Crippen molar-refractivity contribution in [1.82, 2.24) is 10.2 Å². The molecule has 1 amide bonds. The lowest BCUT2D eigenvalue weighted by Gasteiger charge is -2.36. The number of nitro benzene ring substituents is 1. The lowest BCUT2D eigenvalue weighted by Crippen LogP contribution is -2.47. The molecule has 8 heteroatoms. The number of piperidine rings is 1. The van der Waals surface area contributed by atoms with E-state index >= 15 is 0 Å². The molecule has 1 aromatic carbocycles. The maximum Gasteiger partial charge on any atom is 0.407 e. The number of benzene rings is 1. The Balaban J connectivity index is 2.01. The molecule has 2 rings (SSSR count). The van der Waals surface area contributed by atoms with E-state index in [4.69, 9.17) is 4.74 Å². The lowest BCUT2D eigenvalue weighted by molar-refractivity contribution is -0.385. The monoisotopic (exact) mass is 365 g/mol. The number of phenols is 1. The number of hydrogen-bond acceptors (Lipinski definition) is 6. The van der Waals surface area contributed by atoms with Crippen LogP contribution in [-0.4, -0.2) is 45.8 Å². The van der Waals surface area contributed by atoms with E-state index in [1.165, 1.54) is 18.2 Å². The smallest absolute Gasteiger partial charge is 0.407 e. The second-order valence-electron chi connectivity index (χ2n) is 7.57. The van der Waals surface area contributed by atoms with E-state index in [-0.39, 0.29) is 17.5 Å². The van der Waals surface area contributed by atoms with E-state index in [0.29, 0.717) is 18.7 Å². The highest BCUT2D eigenvalue weighted by Crippen LogP contribution is 2.27. The summed E-state index contributed by atoms with van der Waals surface area (Å²) in [5.74, 6) is 0.0417. The molecule has 0 aromatic heterocycles. The Morgan fingerprint density at radius 2 is 2.15 bits per heavy atom. The fourth-order valence-electron chi connectivity index (χ4n) is 3.05. The van der Waals surface area contributed by atoms with Gasteiger partial charge in [-0.3, -0.25) is 15.0 Å². The summed E-state index contributed by atoms with van der Waals surface area (Å²) in [6.07, 6.45) is 2.52. The molecule has 0 spiro atoms. The van der Waals surface area contributed by atoms with Crippen LogP contribution in [0.2, 0.25) is 0 Å². The maximum atomic E-state index is 11.9. The standard InChI is InChI=1S/C18H27N3O5/c1-18(2,3)26-17(23)19-11-15-6-4-5-9-20(15)12-13-10-14(21(24)25)7-8-16(13)22/h7-8,10,15,22H,4-6,9,11-12H2,1-3H3,(H,19,23). The minimum Gasteiger partial charge on any atom is -0.508 e. The molecule has 0 saturated carbocycles. The van der Waals surface area contributed by atoms with Crippen LogP contribution in [0.3, 0.4) is 0 Å². The third-order valence-electron chi connectivity index (χ3n) is 4.28. The van der Waals surface area contributed by atoms with Gasteiger partial charge in [-0.15, -0.1) is 0 Å². The van der Waals surface area contributed by atoms with Gasteiger partial charge in [0, 0.05) is 36.8 Å². The van der Waals surface area contributed by atoms with E-state index in [1.54, 1.807) is 0 Å². The summed E-state index contributed by atoms with van der Waals surface area (Å²) in [5.41, 5.74) is -0.0768. The van der Waals surface area contributed by atoms with Crippen molar-refractivity contribution in [3.8, 4) is 5.75 Å². The van der Waals surface area contributed by atoms with Gasteiger partial charge in [-0.05, 0) is 46.2 Å². The number of rotatable bonds is 5. The Morgan fingerprint density at radius 3 is 2.81 bits per heavy atom. The van der Waals surface area contributed by atoms with Crippen LogP contribution in [0.25, 0.3) is 0 Å². The molecule has 1 aromatic rings. The van der Waals surface area contributed by atoms with Crippen LogP contribution < -0.4 is 5.32 Å². The number of phenolic OH excluding ortho intramolecular Hbond substituents is 1. The quantitative estimate of drug-likeness (QED) is 0.613. The minimum atomic E-state index is -0.550. The molecular formula is C18H27N3O5. The van der Waals surface area contributed by atoms with Gasteiger partial charge in [0.05, 0.1) is 4.92 Å². The van der Waals surface area contributed by atoms with Gasteiger partial charge < -0.3 is 15.2 Å². The number of alkyl carbamates (subject to hydrolysis) is 1. The number of ether oxygens (including phenoxy) is 1. The number of hydrogen-bond donors (Lipinski definition) is 2. The Labute approximate surface area is 153 Å². The normalized spacial score (nSPS) is 18.3. The third-order valence-corrected chi connectivity index (χ3v) is 4.28. The van der Waals surface area contributed by atoms with Crippen LogP contribution in [0.4, 0.5) is 10.5 Å². The molecule has 1 fully saturated rings. The highest BCUT2D eigenvalue weighted by Gasteiger charge is 2.25. The number of carbonyl (C=O) groups excluding carboxylic acids is 1. The van der Waals surface area contributed by atoms with Gasteiger partial charge in [0.15, 0.2) is 0 Å². The van der Waals surface area contributed by atoms with Crippen LogP contribution in [0.1, 0.15) is 45.6 Å². The Bertz CT molecular complexity index is 657. The first-order valence-electron chi connectivity index (χ1n) is 8.83. The topological polar surface area (TPSA) is 105 Å². The van der Waals surface area contributed by atoms with Crippen molar-refractivity contribution in [3.05, 3.63) is 33.9 Å². The van der Waals surface area contributed by atoms with Gasteiger partial charge in [0.2, 0.25) is 0 Å². The molecule has 144 valence electrons.